The number of nitrogens with zero attached hydrogens (tertiary/aromatic N) is 1. The summed E-state index contributed by atoms with van der Waals surface area (Å²) in [5, 5.41) is 10.9. The third-order valence-electron chi connectivity index (χ3n) is 2.05. The molecule has 0 atom stereocenters. The maximum Gasteiger partial charge on any atom is 0.355 e. The van der Waals surface area contributed by atoms with Crippen LogP contribution >= 0.6 is 11.3 Å². The lowest BCUT2D eigenvalue weighted by molar-refractivity contribution is 0.0691. The fourth-order valence-electron chi connectivity index (χ4n) is 1.39. The lowest BCUT2D eigenvalue weighted by Crippen LogP contribution is -2.01. The van der Waals surface area contributed by atoms with E-state index in [9.17, 15) is 4.79 Å². The highest BCUT2D eigenvalue weighted by Crippen LogP contribution is 2.26. The Morgan fingerprint density at radius 3 is 2.93 bits per heavy atom. The number of aryl methyl sites for hydroxylation is 1. The van der Waals surface area contributed by atoms with Crippen molar-refractivity contribution in [1.29, 1.82) is 0 Å². The molecule has 2 aromatic rings. The van der Waals surface area contributed by atoms with Crippen LogP contribution in [0.1, 0.15) is 15.4 Å². The Balaban J connectivity index is 2.57. The molecule has 0 radical (unpaired) electrons. The predicted molar refractivity (Wildman–Crippen MR) is 59.2 cm³/mol. The average molecular weight is 219 g/mol. The van der Waals surface area contributed by atoms with Gasteiger partial charge in [-0.1, -0.05) is 6.07 Å². The zero-order chi connectivity index (χ0) is 10.8. The maximum absolute atomic E-state index is 10.9. The van der Waals surface area contributed by atoms with Crippen molar-refractivity contribution in [2.24, 2.45) is 0 Å². The molecular formula is C11H9NO2S. The van der Waals surface area contributed by atoms with E-state index in [-0.39, 0.29) is 5.69 Å². The molecule has 0 aliphatic heterocycles. The molecule has 0 aliphatic carbocycles. The largest absolute Gasteiger partial charge is 0.476 e. The van der Waals surface area contributed by atoms with Crippen LogP contribution in [0.25, 0.3) is 11.1 Å². The molecule has 0 bridgehead atoms. The molecule has 0 saturated heterocycles. The molecule has 3 nitrogen and oxygen atoms in total. The fraction of sp³-hybridized carbons (Fsp3) is 0.0909. The van der Waals surface area contributed by atoms with Crippen LogP contribution in [-0.2, 0) is 0 Å². The summed E-state index contributed by atoms with van der Waals surface area (Å²) < 4.78 is 0. The van der Waals surface area contributed by atoms with Gasteiger partial charge in [0, 0.05) is 16.6 Å². The molecule has 15 heavy (non-hydrogen) atoms. The molecular weight excluding hydrogens is 210 g/mol. The molecule has 76 valence electrons. The molecule has 2 rings (SSSR count). The van der Waals surface area contributed by atoms with Gasteiger partial charge in [0.25, 0.3) is 0 Å². The third-order valence-corrected chi connectivity index (χ3v) is 2.91. The lowest BCUT2D eigenvalue weighted by atomic mass is 10.1. The number of pyridine rings is 1. The molecule has 0 amide bonds. The number of aromatic carboxylic acids is 1. The zero-order valence-corrected chi connectivity index (χ0v) is 8.91. The lowest BCUT2D eigenvalue weighted by Gasteiger charge is -2.01. The monoisotopic (exact) mass is 219 g/mol. The van der Waals surface area contributed by atoms with Gasteiger partial charge in [-0.05, 0) is 30.0 Å². The standard InChI is InChI=1S/C11H9NO2S/c1-7-5-8(6-15-7)9-3-2-4-12-10(9)11(13)14/h2-6H,1H3,(H,13,14). The number of aromatic nitrogens is 1. The minimum atomic E-state index is -0.991. The van der Waals surface area contributed by atoms with Crippen LogP contribution in [0.4, 0.5) is 0 Å². The van der Waals surface area contributed by atoms with E-state index in [0.717, 1.165) is 10.4 Å². The summed E-state index contributed by atoms with van der Waals surface area (Å²) in [5.41, 5.74) is 1.70. The van der Waals surface area contributed by atoms with E-state index in [1.807, 2.05) is 18.4 Å². The SMILES string of the molecule is Cc1cc(-c2cccnc2C(=O)O)cs1. The van der Waals surface area contributed by atoms with Crippen molar-refractivity contribution in [1.82, 2.24) is 4.98 Å². The van der Waals surface area contributed by atoms with Crippen LogP contribution in [0.15, 0.2) is 29.8 Å². The Morgan fingerprint density at radius 1 is 1.53 bits per heavy atom. The second kappa shape index (κ2) is 3.82. The summed E-state index contributed by atoms with van der Waals surface area (Å²) >= 11 is 1.60. The summed E-state index contributed by atoms with van der Waals surface area (Å²) in [6.45, 7) is 1.99. The number of thiophene rings is 1. The van der Waals surface area contributed by atoms with Crippen LogP contribution in [0.3, 0.4) is 0 Å². The van der Waals surface area contributed by atoms with Crippen LogP contribution in [-0.4, -0.2) is 16.1 Å². The molecule has 4 heteroatoms. The Morgan fingerprint density at radius 2 is 2.33 bits per heavy atom. The second-order valence-corrected chi connectivity index (χ2v) is 4.27. The molecule has 0 aromatic carbocycles. The Labute approximate surface area is 91.0 Å². The van der Waals surface area contributed by atoms with E-state index in [0.29, 0.717) is 5.56 Å². The maximum atomic E-state index is 10.9. The van der Waals surface area contributed by atoms with Gasteiger partial charge in [0.15, 0.2) is 5.69 Å². The van der Waals surface area contributed by atoms with Gasteiger partial charge in [-0.25, -0.2) is 9.78 Å². The molecule has 1 N–H and O–H groups in total. The van der Waals surface area contributed by atoms with E-state index in [4.69, 9.17) is 5.11 Å². The highest BCUT2D eigenvalue weighted by atomic mass is 32.1. The first kappa shape index (κ1) is 9.86. The van der Waals surface area contributed by atoms with E-state index >= 15 is 0 Å². The molecule has 0 aliphatic rings. The van der Waals surface area contributed by atoms with Gasteiger partial charge in [-0.15, -0.1) is 11.3 Å². The Kier molecular flexibility index (Phi) is 2.51. The van der Waals surface area contributed by atoms with Gasteiger partial charge in [-0.3, -0.25) is 0 Å². The van der Waals surface area contributed by atoms with Crippen molar-refractivity contribution < 1.29 is 9.90 Å². The second-order valence-electron chi connectivity index (χ2n) is 3.15. The number of hydrogen-bond acceptors (Lipinski definition) is 3. The zero-order valence-electron chi connectivity index (χ0n) is 8.10. The van der Waals surface area contributed by atoms with Gasteiger partial charge < -0.3 is 5.11 Å². The molecule has 0 saturated carbocycles. The van der Waals surface area contributed by atoms with Crippen molar-refractivity contribution >= 4 is 17.3 Å². The van der Waals surface area contributed by atoms with Crippen LogP contribution in [0, 0.1) is 6.92 Å². The van der Waals surface area contributed by atoms with Gasteiger partial charge in [-0.2, -0.15) is 0 Å². The van der Waals surface area contributed by atoms with E-state index < -0.39 is 5.97 Å². The number of carbonyl (C=O) groups is 1. The van der Waals surface area contributed by atoms with Crippen molar-refractivity contribution in [2.45, 2.75) is 6.92 Å². The molecule has 0 unspecified atom stereocenters. The molecule has 2 heterocycles. The average Bonchev–Trinajstić information content (AvgIpc) is 2.65. The van der Waals surface area contributed by atoms with Gasteiger partial charge in [0.05, 0.1) is 0 Å². The molecule has 0 spiro atoms. The highest BCUT2D eigenvalue weighted by Gasteiger charge is 2.12. The first-order valence-corrected chi connectivity index (χ1v) is 5.30. The fourth-order valence-corrected chi connectivity index (χ4v) is 2.10. The number of carboxylic acids is 1. The minimum Gasteiger partial charge on any atom is -0.476 e. The van der Waals surface area contributed by atoms with Gasteiger partial charge in [0.2, 0.25) is 0 Å². The summed E-state index contributed by atoms with van der Waals surface area (Å²) in [6.07, 6.45) is 1.49. The van der Waals surface area contributed by atoms with E-state index in [2.05, 4.69) is 4.98 Å². The summed E-state index contributed by atoms with van der Waals surface area (Å²) in [4.78, 5) is 16.0. The summed E-state index contributed by atoms with van der Waals surface area (Å²) in [7, 11) is 0. The van der Waals surface area contributed by atoms with E-state index in [1.165, 1.54) is 6.20 Å². The van der Waals surface area contributed by atoms with Crippen molar-refractivity contribution in [3.8, 4) is 11.1 Å². The van der Waals surface area contributed by atoms with Gasteiger partial charge in [0.1, 0.15) is 0 Å². The topological polar surface area (TPSA) is 50.2 Å². The predicted octanol–water partition coefficient (Wildman–Crippen LogP) is 2.82. The smallest absolute Gasteiger partial charge is 0.355 e. The number of hydrogen-bond donors (Lipinski definition) is 1. The number of carboxylic acid groups (broad SMARTS) is 1. The molecule has 2 aromatic heterocycles. The normalized spacial score (nSPS) is 10.2. The number of rotatable bonds is 2. The van der Waals surface area contributed by atoms with Crippen LogP contribution in [0.5, 0.6) is 0 Å². The Hall–Kier alpha value is -1.68. The highest BCUT2D eigenvalue weighted by molar-refractivity contribution is 7.10. The third kappa shape index (κ3) is 1.89. The minimum absolute atomic E-state index is 0.107. The quantitative estimate of drug-likeness (QED) is 0.844. The van der Waals surface area contributed by atoms with Crippen LogP contribution in [0.2, 0.25) is 0 Å². The molecule has 0 fully saturated rings. The van der Waals surface area contributed by atoms with E-state index in [1.54, 1.807) is 23.5 Å². The first-order valence-electron chi connectivity index (χ1n) is 4.42. The summed E-state index contributed by atoms with van der Waals surface area (Å²) in [6, 6.07) is 5.49. The van der Waals surface area contributed by atoms with Gasteiger partial charge >= 0.3 is 5.97 Å². The Bertz CT molecular complexity index is 505. The van der Waals surface area contributed by atoms with Crippen molar-refractivity contribution in [3.05, 3.63) is 40.3 Å². The first-order chi connectivity index (χ1) is 7.18. The van der Waals surface area contributed by atoms with Crippen molar-refractivity contribution in [3.63, 3.8) is 0 Å². The van der Waals surface area contributed by atoms with Crippen LogP contribution < -0.4 is 0 Å². The summed E-state index contributed by atoms with van der Waals surface area (Å²) in [5.74, 6) is -0.991. The van der Waals surface area contributed by atoms with Crippen molar-refractivity contribution in [2.75, 3.05) is 0 Å².